The summed E-state index contributed by atoms with van der Waals surface area (Å²) in [6.07, 6.45) is 0. The van der Waals surface area contributed by atoms with Crippen LogP contribution < -0.4 is 9.86 Å². The van der Waals surface area contributed by atoms with Crippen LogP contribution in [0.2, 0.25) is 0 Å². The number of rotatable bonds is 5. The van der Waals surface area contributed by atoms with E-state index in [2.05, 4.69) is 20.7 Å². The molecule has 0 bridgehead atoms. The Morgan fingerprint density at radius 2 is 1.70 bits per heavy atom. The Morgan fingerprint density at radius 3 is 2.20 bits per heavy atom. The topological polar surface area (TPSA) is 106 Å². The van der Waals surface area contributed by atoms with Crippen LogP contribution in [0, 0.1) is 0 Å². The maximum Gasteiger partial charge on any atom is 0.250 e. The molecule has 3 N–H and O–H groups in total. The first-order valence-corrected chi connectivity index (χ1v) is 10.5. The molecule has 0 fully saturated rings. The molecule has 0 unspecified atom stereocenters. The minimum absolute atomic E-state index is 0.00515. The Morgan fingerprint density at radius 1 is 1.05 bits per heavy atom. The Bertz CT molecular complexity index is 822. The van der Waals surface area contributed by atoms with Gasteiger partial charge in [-0.3, -0.25) is 0 Å². The van der Waals surface area contributed by atoms with Gasteiger partial charge in [-0.25, -0.2) is 26.7 Å². The fourth-order valence-electron chi connectivity index (χ4n) is 1.29. The second kappa shape index (κ2) is 5.83. The van der Waals surface area contributed by atoms with Gasteiger partial charge in [-0.15, -0.1) is 22.7 Å². The molecule has 0 aromatic carbocycles. The highest BCUT2D eigenvalue weighted by Gasteiger charge is 2.17. The monoisotopic (exact) mass is 416 g/mol. The van der Waals surface area contributed by atoms with Crippen molar-refractivity contribution in [2.24, 2.45) is 5.14 Å². The SMILES string of the molecule is NS(=O)(=O)c1ccc(CNS(=O)(=O)c2ccc(Br)s2)s1. The van der Waals surface area contributed by atoms with Crippen LogP contribution in [0.15, 0.2) is 36.5 Å². The molecule has 0 atom stereocenters. The molecule has 0 amide bonds. The minimum atomic E-state index is -3.75. The van der Waals surface area contributed by atoms with E-state index in [1.807, 2.05) is 0 Å². The first-order valence-electron chi connectivity index (χ1n) is 5.05. The molecule has 0 saturated carbocycles. The summed E-state index contributed by atoms with van der Waals surface area (Å²) in [4.78, 5) is 0.563. The molecule has 0 radical (unpaired) electrons. The number of hydrogen-bond acceptors (Lipinski definition) is 6. The molecule has 20 heavy (non-hydrogen) atoms. The zero-order chi connectivity index (χ0) is 15.0. The minimum Gasteiger partial charge on any atom is -0.224 e. The van der Waals surface area contributed by atoms with E-state index in [0.29, 0.717) is 8.66 Å². The van der Waals surface area contributed by atoms with Crippen molar-refractivity contribution in [3.05, 3.63) is 32.9 Å². The molecule has 11 heteroatoms. The van der Waals surface area contributed by atoms with E-state index in [1.165, 1.54) is 18.2 Å². The van der Waals surface area contributed by atoms with E-state index < -0.39 is 20.0 Å². The lowest BCUT2D eigenvalue weighted by molar-refractivity contribution is 0.584. The molecule has 0 spiro atoms. The van der Waals surface area contributed by atoms with E-state index in [9.17, 15) is 16.8 Å². The van der Waals surface area contributed by atoms with Gasteiger partial charge in [-0.2, -0.15) is 0 Å². The third kappa shape index (κ3) is 3.87. The van der Waals surface area contributed by atoms with Crippen molar-refractivity contribution in [1.82, 2.24) is 4.72 Å². The molecular weight excluding hydrogens is 408 g/mol. The van der Waals surface area contributed by atoms with Crippen LogP contribution in [-0.2, 0) is 26.6 Å². The van der Waals surface area contributed by atoms with Crippen molar-refractivity contribution in [2.45, 2.75) is 15.0 Å². The maximum atomic E-state index is 12.0. The van der Waals surface area contributed by atoms with Crippen molar-refractivity contribution in [3.63, 3.8) is 0 Å². The van der Waals surface area contributed by atoms with E-state index in [0.717, 1.165) is 22.7 Å². The largest absolute Gasteiger partial charge is 0.250 e. The fourth-order valence-corrected chi connectivity index (χ4v) is 6.16. The van der Waals surface area contributed by atoms with E-state index >= 15 is 0 Å². The zero-order valence-corrected chi connectivity index (χ0v) is 14.6. The summed E-state index contributed by atoms with van der Waals surface area (Å²) in [7, 11) is -7.35. The van der Waals surface area contributed by atoms with Gasteiger partial charge in [-0.1, -0.05) is 0 Å². The van der Waals surface area contributed by atoms with Gasteiger partial charge in [0.25, 0.3) is 0 Å². The van der Waals surface area contributed by atoms with Gasteiger partial charge < -0.3 is 0 Å². The number of sulfonamides is 2. The molecular formula is C9H9BrN2O4S4. The third-order valence-corrected chi connectivity index (χ3v) is 8.21. The first kappa shape index (κ1) is 16.1. The predicted octanol–water partition coefficient (Wildman–Crippen LogP) is 1.70. The second-order valence-corrected chi connectivity index (χ2v) is 11.1. The summed E-state index contributed by atoms with van der Waals surface area (Å²) in [5, 5.41) is 4.99. The van der Waals surface area contributed by atoms with Gasteiger partial charge in [0.15, 0.2) is 0 Å². The lowest BCUT2D eigenvalue weighted by Gasteiger charge is -2.02. The molecule has 2 aromatic heterocycles. The maximum absolute atomic E-state index is 12.0. The van der Waals surface area contributed by atoms with Gasteiger partial charge in [0.05, 0.1) is 3.79 Å². The smallest absolute Gasteiger partial charge is 0.224 e. The summed E-state index contributed by atoms with van der Waals surface area (Å²) in [6, 6.07) is 6.01. The lowest BCUT2D eigenvalue weighted by atomic mass is 10.5. The number of hydrogen-bond donors (Lipinski definition) is 2. The summed E-state index contributed by atoms with van der Waals surface area (Å²) >= 11 is 5.22. The Hall–Kier alpha value is -0.300. The lowest BCUT2D eigenvalue weighted by Crippen LogP contribution is -2.21. The van der Waals surface area contributed by atoms with Gasteiger partial charge >= 0.3 is 0 Å². The molecule has 0 aliphatic carbocycles. The van der Waals surface area contributed by atoms with Crippen molar-refractivity contribution in [1.29, 1.82) is 0 Å². The highest BCUT2D eigenvalue weighted by Crippen LogP contribution is 2.26. The summed E-state index contributed by atoms with van der Waals surface area (Å²) in [5.41, 5.74) is 0. The van der Waals surface area contributed by atoms with Gasteiger partial charge in [0.1, 0.15) is 8.42 Å². The average molecular weight is 417 g/mol. The van der Waals surface area contributed by atoms with Crippen molar-refractivity contribution in [3.8, 4) is 0 Å². The van der Waals surface area contributed by atoms with Crippen LogP contribution in [-0.4, -0.2) is 16.8 Å². The number of nitrogens with two attached hydrogens (primary N) is 1. The molecule has 0 aliphatic rings. The van der Waals surface area contributed by atoms with Crippen LogP contribution in [0.5, 0.6) is 0 Å². The van der Waals surface area contributed by atoms with Gasteiger partial charge in [-0.05, 0) is 40.2 Å². The summed E-state index contributed by atoms with van der Waals surface area (Å²) in [5.74, 6) is 0. The molecule has 2 rings (SSSR count). The Kier molecular flexibility index (Phi) is 4.69. The van der Waals surface area contributed by atoms with Crippen LogP contribution in [0.25, 0.3) is 0 Å². The Balaban J connectivity index is 2.11. The van der Waals surface area contributed by atoms with Crippen molar-refractivity contribution >= 4 is 58.7 Å². The number of primary sulfonamides is 1. The molecule has 0 saturated heterocycles. The van der Waals surface area contributed by atoms with E-state index in [-0.39, 0.29) is 15.0 Å². The number of halogens is 1. The molecule has 2 aromatic rings. The number of thiophene rings is 2. The fraction of sp³-hybridized carbons (Fsp3) is 0.111. The van der Waals surface area contributed by atoms with E-state index in [4.69, 9.17) is 5.14 Å². The zero-order valence-electron chi connectivity index (χ0n) is 9.74. The van der Waals surface area contributed by atoms with Gasteiger partial charge in [0.2, 0.25) is 20.0 Å². The first-order chi connectivity index (χ1) is 9.18. The summed E-state index contributed by atoms with van der Waals surface area (Å²) < 4.78 is 49.5. The third-order valence-electron chi connectivity index (χ3n) is 2.17. The average Bonchev–Trinajstić information content (AvgIpc) is 2.94. The van der Waals surface area contributed by atoms with Crippen LogP contribution in [0.1, 0.15) is 4.88 Å². The molecule has 0 aliphatic heterocycles. The van der Waals surface area contributed by atoms with Crippen LogP contribution in [0.4, 0.5) is 0 Å². The van der Waals surface area contributed by atoms with Crippen LogP contribution in [0.3, 0.4) is 0 Å². The van der Waals surface area contributed by atoms with Gasteiger partial charge in [0, 0.05) is 11.4 Å². The highest BCUT2D eigenvalue weighted by molar-refractivity contribution is 9.11. The Labute approximate surface area is 132 Å². The second-order valence-electron chi connectivity index (χ2n) is 3.65. The molecule has 2 heterocycles. The standard InChI is InChI=1S/C9H9BrN2O4S4/c10-7-2-4-9(18-7)20(15,16)12-5-6-1-3-8(17-6)19(11,13)14/h1-4,12H,5H2,(H2,11,13,14). The van der Waals surface area contributed by atoms with Crippen LogP contribution >= 0.6 is 38.6 Å². The molecule has 6 nitrogen and oxygen atoms in total. The highest BCUT2D eigenvalue weighted by atomic mass is 79.9. The summed E-state index contributed by atoms with van der Waals surface area (Å²) in [6.45, 7) is 0.0119. The van der Waals surface area contributed by atoms with Crippen molar-refractivity contribution in [2.75, 3.05) is 0 Å². The van der Waals surface area contributed by atoms with E-state index in [1.54, 1.807) is 6.07 Å². The van der Waals surface area contributed by atoms with Crippen molar-refractivity contribution < 1.29 is 16.8 Å². The molecule has 110 valence electrons. The predicted molar refractivity (Wildman–Crippen MR) is 81.7 cm³/mol. The normalized spacial score (nSPS) is 12.7. The number of nitrogens with one attached hydrogen (secondary N) is 1. The quantitative estimate of drug-likeness (QED) is 0.772.